The molecule has 0 aromatic carbocycles. The molecular formula is C59H102NO8P. The number of rotatable bonds is 49. The molecule has 0 spiro atoms. The molecule has 10 heteroatoms. The lowest BCUT2D eigenvalue weighted by Crippen LogP contribution is -2.37. The number of allylic oxidation sites excluding steroid dienone is 16. The zero-order valence-corrected chi connectivity index (χ0v) is 45.6. The Balaban J connectivity index is 4.23. The van der Waals surface area contributed by atoms with Crippen LogP contribution in [0, 0.1) is 0 Å². The minimum absolute atomic E-state index is 0.0376. The molecule has 0 amide bonds. The standard InChI is InChI=1S/C59H102NO8P/c1-6-8-10-12-14-16-18-20-22-23-24-25-26-27-28-29-30-31-32-33-34-35-36-37-38-40-42-44-46-48-50-52-59(62)68-57(56-67-69(63,64)66-54-53-60(3,4)5)55-65-58(61)51-49-47-45-43-41-39-21-19-17-15-13-11-9-7-2/h8,10,14,16,20,22,24-25,27-28,30-31,33-34,36-37,57H,6-7,9,11-13,15,17-19,21,23,26,29,32,35,38-56H2,1-5H3/b10-8-,16-14-,22-20-,25-24-,28-27-,31-30-,34-33-,37-36-. The predicted molar refractivity (Wildman–Crippen MR) is 291 cm³/mol. The van der Waals surface area contributed by atoms with E-state index in [0.717, 1.165) is 109 Å². The van der Waals surface area contributed by atoms with Gasteiger partial charge in [-0.15, -0.1) is 0 Å². The monoisotopic (exact) mass is 984 g/mol. The molecule has 69 heavy (non-hydrogen) atoms. The van der Waals surface area contributed by atoms with Gasteiger partial charge < -0.3 is 27.9 Å². The summed E-state index contributed by atoms with van der Waals surface area (Å²) in [4.78, 5) is 37.7. The van der Waals surface area contributed by atoms with Gasteiger partial charge in [0, 0.05) is 12.8 Å². The van der Waals surface area contributed by atoms with Crippen molar-refractivity contribution in [2.24, 2.45) is 0 Å². The third-order valence-electron chi connectivity index (χ3n) is 11.4. The Bertz CT molecular complexity index is 1490. The summed E-state index contributed by atoms with van der Waals surface area (Å²) in [5.41, 5.74) is 0. The maximum Gasteiger partial charge on any atom is 0.306 e. The Kier molecular flexibility index (Phi) is 47.7. The number of esters is 2. The Morgan fingerprint density at radius 2 is 0.826 bits per heavy atom. The van der Waals surface area contributed by atoms with Gasteiger partial charge >= 0.3 is 11.9 Å². The number of likely N-dealkylation sites (N-methyl/N-ethyl adjacent to an activating group) is 1. The number of phosphoric acid groups is 1. The number of quaternary nitrogens is 1. The summed E-state index contributed by atoms with van der Waals surface area (Å²) in [5.74, 6) is -0.852. The van der Waals surface area contributed by atoms with Gasteiger partial charge in [-0.05, 0) is 77.0 Å². The highest BCUT2D eigenvalue weighted by molar-refractivity contribution is 7.45. The smallest absolute Gasteiger partial charge is 0.306 e. The normalized spacial score (nSPS) is 14.1. The third kappa shape index (κ3) is 54.1. The fraction of sp³-hybridized carbons (Fsp3) is 0.695. The third-order valence-corrected chi connectivity index (χ3v) is 12.3. The van der Waals surface area contributed by atoms with Crippen molar-refractivity contribution in [3.05, 3.63) is 97.2 Å². The van der Waals surface area contributed by atoms with Gasteiger partial charge in [0.15, 0.2) is 6.10 Å². The van der Waals surface area contributed by atoms with Gasteiger partial charge in [0.1, 0.15) is 19.8 Å². The molecule has 0 radical (unpaired) electrons. The first kappa shape index (κ1) is 65.9. The van der Waals surface area contributed by atoms with Gasteiger partial charge in [-0.3, -0.25) is 14.2 Å². The van der Waals surface area contributed by atoms with Gasteiger partial charge in [0.25, 0.3) is 7.82 Å². The molecule has 0 aliphatic heterocycles. The van der Waals surface area contributed by atoms with Crippen LogP contribution in [0.4, 0.5) is 0 Å². The predicted octanol–water partition coefficient (Wildman–Crippen LogP) is 16.2. The first-order valence-electron chi connectivity index (χ1n) is 27.4. The average Bonchev–Trinajstić information content (AvgIpc) is 3.31. The van der Waals surface area contributed by atoms with Crippen molar-refractivity contribution < 1.29 is 42.1 Å². The van der Waals surface area contributed by atoms with E-state index in [4.69, 9.17) is 18.5 Å². The molecule has 0 saturated carbocycles. The second-order valence-electron chi connectivity index (χ2n) is 19.2. The minimum atomic E-state index is -4.64. The number of hydrogen-bond donors (Lipinski definition) is 0. The van der Waals surface area contributed by atoms with Crippen molar-refractivity contribution in [1.29, 1.82) is 0 Å². The van der Waals surface area contributed by atoms with E-state index in [1.165, 1.54) is 70.6 Å². The van der Waals surface area contributed by atoms with Crippen molar-refractivity contribution in [2.75, 3.05) is 47.5 Å². The van der Waals surface area contributed by atoms with Crippen molar-refractivity contribution in [1.82, 2.24) is 0 Å². The van der Waals surface area contributed by atoms with Crippen LogP contribution in [0.15, 0.2) is 97.2 Å². The largest absolute Gasteiger partial charge is 0.756 e. The van der Waals surface area contributed by atoms with Gasteiger partial charge in [0.2, 0.25) is 0 Å². The van der Waals surface area contributed by atoms with Crippen LogP contribution in [-0.4, -0.2) is 70.0 Å². The molecule has 0 fully saturated rings. The molecule has 9 nitrogen and oxygen atoms in total. The molecule has 0 saturated heterocycles. The summed E-state index contributed by atoms with van der Waals surface area (Å²) in [6.45, 7) is 4.10. The van der Waals surface area contributed by atoms with E-state index in [2.05, 4.69) is 111 Å². The highest BCUT2D eigenvalue weighted by atomic mass is 31.2. The van der Waals surface area contributed by atoms with Gasteiger partial charge in [-0.25, -0.2) is 0 Å². The highest BCUT2D eigenvalue weighted by Gasteiger charge is 2.21. The lowest BCUT2D eigenvalue weighted by atomic mass is 10.0. The molecular weight excluding hydrogens is 882 g/mol. The Labute approximate surface area is 423 Å². The summed E-state index contributed by atoms with van der Waals surface area (Å²) in [7, 11) is 1.15. The molecule has 0 aliphatic carbocycles. The number of unbranched alkanes of at least 4 members (excludes halogenated alkanes) is 19. The zero-order chi connectivity index (χ0) is 50.6. The van der Waals surface area contributed by atoms with Crippen LogP contribution in [0.25, 0.3) is 0 Å². The molecule has 0 rings (SSSR count). The number of nitrogens with zero attached hydrogens (tertiary/aromatic N) is 1. The number of phosphoric ester groups is 1. The molecule has 0 bridgehead atoms. The SMILES string of the molecule is CC/C=C\C/C=C\C/C=C\C/C=C\C/C=C\C/C=C\C/C=C\C/C=C\CCCCCCCCC(=O)OC(COC(=O)CCCCCCCCCCCCCCCC)COP(=O)([O-])OCC[N+](C)(C)C. The molecule has 0 N–H and O–H groups in total. The first-order chi connectivity index (χ1) is 33.5. The molecule has 0 aromatic rings. The Morgan fingerprint density at radius 1 is 0.464 bits per heavy atom. The first-order valence-corrected chi connectivity index (χ1v) is 28.9. The van der Waals surface area contributed by atoms with Crippen LogP contribution in [0.3, 0.4) is 0 Å². The molecule has 0 heterocycles. The molecule has 396 valence electrons. The van der Waals surface area contributed by atoms with Crippen LogP contribution in [0.5, 0.6) is 0 Å². The molecule has 0 aliphatic rings. The van der Waals surface area contributed by atoms with Gasteiger partial charge in [-0.1, -0.05) is 220 Å². The summed E-state index contributed by atoms with van der Waals surface area (Å²) in [6, 6.07) is 0. The van der Waals surface area contributed by atoms with Crippen LogP contribution >= 0.6 is 7.82 Å². The molecule has 2 unspecified atom stereocenters. The van der Waals surface area contributed by atoms with Crippen LogP contribution in [0.1, 0.15) is 213 Å². The van der Waals surface area contributed by atoms with Crippen LogP contribution in [0.2, 0.25) is 0 Å². The quantitative estimate of drug-likeness (QED) is 0.0195. The van der Waals surface area contributed by atoms with Crippen molar-refractivity contribution in [3.63, 3.8) is 0 Å². The maximum absolute atomic E-state index is 12.8. The van der Waals surface area contributed by atoms with E-state index in [9.17, 15) is 19.0 Å². The topological polar surface area (TPSA) is 111 Å². The second kappa shape index (κ2) is 49.9. The number of carbonyl (C=O) groups is 2. The van der Waals surface area contributed by atoms with E-state index < -0.39 is 26.5 Å². The fourth-order valence-corrected chi connectivity index (χ4v) is 7.87. The van der Waals surface area contributed by atoms with E-state index in [1.807, 2.05) is 21.1 Å². The van der Waals surface area contributed by atoms with Crippen molar-refractivity contribution in [2.45, 2.75) is 219 Å². The summed E-state index contributed by atoms with van der Waals surface area (Å²) < 4.78 is 34.1. The Morgan fingerprint density at radius 3 is 1.23 bits per heavy atom. The van der Waals surface area contributed by atoms with Crippen LogP contribution in [-0.2, 0) is 32.7 Å². The van der Waals surface area contributed by atoms with E-state index in [1.54, 1.807) is 0 Å². The fourth-order valence-electron chi connectivity index (χ4n) is 7.14. The van der Waals surface area contributed by atoms with E-state index in [-0.39, 0.29) is 32.0 Å². The van der Waals surface area contributed by atoms with Gasteiger partial charge in [-0.2, -0.15) is 0 Å². The molecule has 0 aromatic heterocycles. The minimum Gasteiger partial charge on any atom is -0.756 e. The van der Waals surface area contributed by atoms with Crippen molar-refractivity contribution in [3.8, 4) is 0 Å². The van der Waals surface area contributed by atoms with Crippen molar-refractivity contribution >= 4 is 19.8 Å². The van der Waals surface area contributed by atoms with Gasteiger partial charge in [0.05, 0.1) is 27.7 Å². The van der Waals surface area contributed by atoms with Crippen LogP contribution < -0.4 is 4.89 Å². The molecule has 2 atom stereocenters. The van der Waals surface area contributed by atoms with E-state index >= 15 is 0 Å². The highest BCUT2D eigenvalue weighted by Crippen LogP contribution is 2.38. The number of carbonyl (C=O) groups excluding carboxylic acids is 2. The Hall–Kier alpha value is -3.07. The summed E-state index contributed by atoms with van der Waals surface area (Å²) in [6.07, 6.45) is 67.3. The number of hydrogen-bond acceptors (Lipinski definition) is 8. The number of ether oxygens (including phenoxy) is 2. The maximum atomic E-state index is 12.8. The second-order valence-corrected chi connectivity index (χ2v) is 20.6. The lowest BCUT2D eigenvalue weighted by Gasteiger charge is -2.28. The van der Waals surface area contributed by atoms with E-state index in [0.29, 0.717) is 17.4 Å². The lowest BCUT2D eigenvalue weighted by molar-refractivity contribution is -0.870. The summed E-state index contributed by atoms with van der Waals surface area (Å²) in [5, 5.41) is 0. The average molecular weight is 984 g/mol. The summed E-state index contributed by atoms with van der Waals surface area (Å²) >= 11 is 0. The zero-order valence-electron chi connectivity index (χ0n) is 44.7.